The van der Waals surface area contributed by atoms with Crippen LogP contribution in [0.4, 0.5) is 0 Å². The molecule has 66 valence electrons. The van der Waals surface area contributed by atoms with Crippen molar-refractivity contribution in [2.75, 3.05) is 0 Å². The molecule has 0 bridgehead atoms. The van der Waals surface area contributed by atoms with E-state index in [9.17, 15) is 0 Å². The van der Waals surface area contributed by atoms with Crippen molar-refractivity contribution < 1.29 is 15.1 Å². The summed E-state index contributed by atoms with van der Waals surface area (Å²) in [5, 5.41) is 21.5. The van der Waals surface area contributed by atoms with Gasteiger partial charge in [-0.2, -0.15) is 0 Å². The third kappa shape index (κ3) is 12.5. The molecule has 0 aliphatic heterocycles. The molecule has 0 saturated carbocycles. The average molecular weight is 206 g/mol. The quantitative estimate of drug-likeness (QED) is 0.549. The van der Waals surface area contributed by atoms with Crippen molar-refractivity contribution in [1.82, 2.24) is 0 Å². The van der Waals surface area contributed by atoms with E-state index in [0.717, 1.165) is 0 Å². The van der Waals surface area contributed by atoms with Crippen LogP contribution in [-0.2, 0) is 0 Å². The Bertz CT molecular complexity index is 213. The van der Waals surface area contributed by atoms with Gasteiger partial charge in [0.1, 0.15) is 0 Å². The third-order valence-corrected chi connectivity index (χ3v) is 1.04. The summed E-state index contributed by atoms with van der Waals surface area (Å²) in [6, 6.07) is 10.0. The first-order chi connectivity index (χ1) is 5.66. The Hall–Kier alpha value is 0.541. The van der Waals surface area contributed by atoms with Crippen molar-refractivity contribution in [1.29, 1.82) is 0 Å². The number of benzene rings is 1. The fourth-order valence-electron chi connectivity index (χ4n) is 0.589. The molecular formula is C8H12BKO3. The zero-order chi connectivity index (χ0) is 9.40. The molecule has 0 fully saturated rings. The molecule has 1 rings (SSSR count). The van der Waals surface area contributed by atoms with E-state index in [2.05, 4.69) is 6.58 Å². The first kappa shape index (κ1) is 16.0. The van der Waals surface area contributed by atoms with Gasteiger partial charge < -0.3 is 15.1 Å². The molecule has 3 nitrogen and oxygen atoms in total. The van der Waals surface area contributed by atoms with Gasteiger partial charge in [0, 0.05) is 0 Å². The second kappa shape index (κ2) is 10.6. The molecule has 0 aliphatic carbocycles. The standard InChI is InChI=1S/C8H8.BH3O3.K.H/c1-2-8-6-4-3-5-7-8;2-1(3)4;;/h2-7H,1H2;2-4H;;. The summed E-state index contributed by atoms with van der Waals surface area (Å²) in [6.45, 7) is 3.63. The first-order valence-electron chi connectivity index (χ1n) is 3.38. The van der Waals surface area contributed by atoms with E-state index in [-0.39, 0.29) is 51.4 Å². The number of hydrogen-bond donors (Lipinski definition) is 3. The fourth-order valence-corrected chi connectivity index (χ4v) is 0.589. The van der Waals surface area contributed by atoms with Gasteiger partial charge in [-0.25, -0.2) is 0 Å². The van der Waals surface area contributed by atoms with Crippen molar-refractivity contribution >= 4 is 64.8 Å². The molecule has 1 aromatic carbocycles. The second-order valence-corrected chi connectivity index (χ2v) is 1.96. The van der Waals surface area contributed by atoms with Crippen LogP contribution >= 0.6 is 0 Å². The van der Waals surface area contributed by atoms with Crippen LogP contribution < -0.4 is 0 Å². The van der Waals surface area contributed by atoms with E-state index < -0.39 is 7.32 Å². The molecular weight excluding hydrogens is 194 g/mol. The topological polar surface area (TPSA) is 60.7 Å². The Morgan fingerprint density at radius 1 is 1.08 bits per heavy atom. The van der Waals surface area contributed by atoms with Crippen LogP contribution in [0.2, 0.25) is 0 Å². The molecule has 0 aromatic heterocycles. The van der Waals surface area contributed by atoms with E-state index in [1.165, 1.54) is 5.56 Å². The molecule has 13 heavy (non-hydrogen) atoms. The maximum absolute atomic E-state index is 7.17. The van der Waals surface area contributed by atoms with Gasteiger partial charge in [-0.05, 0) is 5.56 Å². The van der Waals surface area contributed by atoms with Crippen molar-refractivity contribution in [2.24, 2.45) is 0 Å². The zero-order valence-corrected chi connectivity index (χ0v) is 6.59. The van der Waals surface area contributed by atoms with Crippen LogP contribution in [0.25, 0.3) is 6.08 Å². The molecule has 0 saturated heterocycles. The SMILES string of the molecule is C=Cc1ccccc1.OB(O)O.[KH]. The van der Waals surface area contributed by atoms with Crippen molar-refractivity contribution in [3.63, 3.8) is 0 Å². The molecule has 0 radical (unpaired) electrons. The van der Waals surface area contributed by atoms with Gasteiger partial charge in [-0.3, -0.25) is 0 Å². The Labute approximate surface area is 121 Å². The summed E-state index contributed by atoms with van der Waals surface area (Å²) >= 11 is 0. The maximum atomic E-state index is 7.17. The zero-order valence-electron chi connectivity index (χ0n) is 6.59. The van der Waals surface area contributed by atoms with E-state index in [1.807, 2.05) is 36.4 Å². The molecule has 0 heterocycles. The molecule has 0 unspecified atom stereocenters. The van der Waals surface area contributed by atoms with Crippen molar-refractivity contribution in [3.8, 4) is 0 Å². The predicted molar refractivity (Wildman–Crippen MR) is 56.1 cm³/mol. The Morgan fingerprint density at radius 2 is 1.46 bits per heavy atom. The van der Waals surface area contributed by atoms with Crippen LogP contribution in [-0.4, -0.2) is 73.8 Å². The van der Waals surface area contributed by atoms with Crippen molar-refractivity contribution in [2.45, 2.75) is 0 Å². The van der Waals surface area contributed by atoms with Crippen LogP contribution in [0.5, 0.6) is 0 Å². The van der Waals surface area contributed by atoms with Crippen LogP contribution in [0.1, 0.15) is 5.56 Å². The minimum absolute atomic E-state index is 0. The molecule has 0 atom stereocenters. The van der Waals surface area contributed by atoms with Gasteiger partial charge >= 0.3 is 58.7 Å². The summed E-state index contributed by atoms with van der Waals surface area (Å²) in [6.07, 6.45) is 1.83. The van der Waals surface area contributed by atoms with Gasteiger partial charge in [0.2, 0.25) is 0 Å². The summed E-state index contributed by atoms with van der Waals surface area (Å²) < 4.78 is 0. The normalized spacial score (nSPS) is 7.31. The summed E-state index contributed by atoms with van der Waals surface area (Å²) in [5.41, 5.74) is 1.17. The van der Waals surface area contributed by atoms with Gasteiger partial charge in [0.25, 0.3) is 0 Å². The van der Waals surface area contributed by atoms with Gasteiger partial charge in [-0.15, -0.1) is 0 Å². The van der Waals surface area contributed by atoms with Crippen LogP contribution in [0, 0.1) is 0 Å². The summed E-state index contributed by atoms with van der Waals surface area (Å²) in [7, 11) is -2.17. The van der Waals surface area contributed by atoms with Gasteiger partial charge in [0.15, 0.2) is 0 Å². The molecule has 3 N–H and O–H groups in total. The molecule has 0 aliphatic rings. The predicted octanol–water partition coefficient (Wildman–Crippen LogP) is -0.371. The minimum atomic E-state index is -2.17. The molecule has 0 spiro atoms. The Kier molecular flexibility index (Phi) is 13.1. The average Bonchev–Trinajstić information content (AvgIpc) is 2.05. The van der Waals surface area contributed by atoms with Gasteiger partial charge in [-0.1, -0.05) is 43.0 Å². The van der Waals surface area contributed by atoms with Crippen molar-refractivity contribution in [3.05, 3.63) is 42.5 Å². The Balaban J connectivity index is 0. The number of hydrogen-bond acceptors (Lipinski definition) is 3. The molecule has 5 heteroatoms. The van der Waals surface area contributed by atoms with E-state index in [1.54, 1.807) is 0 Å². The third-order valence-electron chi connectivity index (χ3n) is 1.04. The monoisotopic (exact) mass is 206 g/mol. The number of rotatable bonds is 1. The van der Waals surface area contributed by atoms with E-state index >= 15 is 0 Å². The van der Waals surface area contributed by atoms with Crippen LogP contribution in [0.15, 0.2) is 36.9 Å². The molecule has 1 aromatic rings. The first-order valence-corrected chi connectivity index (χ1v) is 3.38. The Morgan fingerprint density at radius 3 is 1.69 bits per heavy atom. The van der Waals surface area contributed by atoms with E-state index in [0.29, 0.717) is 0 Å². The second-order valence-electron chi connectivity index (χ2n) is 1.96. The van der Waals surface area contributed by atoms with Crippen LogP contribution in [0.3, 0.4) is 0 Å². The summed E-state index contributed by atoms with van der Waals surface area (Å²) in [5.74, 6) is 0. The van der Waals surface area contributed by atoms with E-state index in [4.69, 9.17) is 15.1 Å². The fraction of sp³-hybridized carbons (Fsp3) is 0. The summed E-state index contributed by atoms with van der Waals surface area (Å²) in [4.78, 5) is 0. The molecule has 0 amide bonds. The van der Waals surface area contributed by atoms with Gasteiger partial charge in [0.05, 0.1) is 0 Å².